The molecule has 3 atom stereocenters. The molecule has 3 aromatic rings. The van der Waals surface area contributed by atoms with Crippen molar-refractivity contribution in [3.63, 3.8) is 0 Å². The summed E-state index contributed by atoms with van der Waals surface area (Å²) in [7, 11) is 0. The first kappa shape index (κ1) is 25.4. The van der Waals surface area contributed by atoms with E-state index in [4.69, 9.17) is 16.3 Å². The number of fused-ring (bicyclic) bond motifs is 2. The largest absolute Gasteiger partial charge is 0.486 e. The maximum Gasteiger partial charge on any atom is 0.307 e. The van der Waals surface area contributed by atoms with Crippen LogP contribution in [0.5, 0.6) is 5.75 Å². The van der Waals surface area contributed by atoms with E-state index in [0.29, 0.717) is 29.3 Å². The summed E-state index contributed by atoms with van der Waals surface area (Å²) in [5.74, 6) is -1.16. The Labute approximate surface area is 228 Å². The highest BCUT2D eigenvalue weighted by Crippen LogP contribution is 2.62. The molecule has 0 saturated heterocycles. The van der Waals surface area contributed by atoms with Gasteiger partial charge in [0, 0.05) is 28.4 Å². The van der Waals surface area contributed by atoms with Crippen molar-refractivity contribution in [3.8, 4) is 16.9 Å². The van der Waals surface area contributed by atoms with Gasteiger partial charge in [-0.05, 0) is 84.7 Å². The monoisotopic (exact) mass is 533 g/mol. The summed E-state index contributed by atoms with van der Waals surface area (Å²) in [5.41, 5.74) is 6.31. The van der Waals surface area contributed by atoms with Crippen molar-refractivity contribution in [1.29, 1.82) is 0 Å². The van der Waals surface area contributed by atoms with Crippen molar-refractivity contribution in [2.75, 3.05) is 0 Å². The van der Waals surface area contributed by atoms with E-state index in [9.17, 15) is 9.90 Å². The molecule has 0 bridgehead atoms. The average Bonchev–Trinajstić information content (AvgIpc) is 3.33. The number of ether oxygens (including phenoxy) is 1. The van der Waals surface area contributed by atoms with Gasteiger partial charge in [0.05, 0.1) is 10.9 Å². The first-order valence-electron chi connectivity index (χ1n) is 13.5. The molecule has 2 fully saturated rings. The molecule has 1 heterocycles. The van der Waals surface area contributed by atoms with Crippen LogP contribution in [-0.4, -0.2) is 16.1 Å². The third-order valence-corrected chi connectivity index (χ3v) is 9.63. The van der Waals surface area contributed by atoms with Gasteiger partial charge in [0.2, 0.25) is 0 Å². The number of aliphatic carboxylic acids is 1. The molecule has 3 aliphatic rings. The molecule has 4 nitrogen and oxygen atoms in total. The lowest BCUT2D eigenvalue weighted by atomic mass is 9.75. The van der Waals surface area contributed by atoms with Crippen molar-refractivity contribution in [3.05, 3.63) is 81.4 Å². The number of pyridine rings is 1. The van der Waals surface area contributed by atoms with Gasteiger partial charge < -0.3 is 9.84 Å². The van der Waals surface area contributed by atoms with E-state index < -0.39 is 23.1 Å². The Kier molecular flexibility index (Phi) is 6.06. The Balaban J connectivity index is 1.32. The lowest BCUT2D eigenvalue weighted by Gasteiger charge is -2.30. The molecular weight excluding hydrogens is 501 g/mol. The second kappa shape index (κ2) is 9.08. The first-order valence-corrected chi connectivity index (χ1v) is 13.9. The van der Waals surface area contributed by atoms with Crippen LogP contribution in [0.2, 0.25) is 5.02 Å². The molecule has 0 amide bonds. The van der Waals surface area contributed by atoms with Crippen molar-refractivity contribution < 1.29 is 19.0 Å². The van der Waals surface area contributed by atoms with Crippen molar-refractivity contribution in [2.24, 2.45) is 11.3 Å². The molecule has 2 aromatic carbocycles. The lowest BCUT2D eigenvalue weighted by molar-refractivity contribution is -0.139. The van der Waals surface area contributed by atoms with E-state index in [1.165, 1.54) is 18.4 Å². The van der Waals surface area contributed by atoms with E-state index in [0.717, 1.165) is 40.8 Å². The molecule has 38 heavy (non-hydrogen) atoms. The van der Waals surface area contributed by atoms with Gasteiger partial charge >= 0.3 is 5.97 Å². The van der Waals surface area contributed by atoms with Gasteiger partial charge in [-0.25, -0.2) is 4.39 Å². The summed E-state index contributed by atoms with van der Waals surface area (Å²) in [6.07, 6.45) is 7.09. The number of aromatic nitrogens is 1. The fraction of sp³-hybridized carbons (Fsp3) is 0.438. The zero-order valence-electron chi connectivity index (χ0n) is 22.1. The number of carbonyl (C=O) groups is 1. The second-order valence-corrected chi connectivity index (χ2v) is 12.5. The molecule has 0 unspecified atom stereocenters. The molecule has 6 heteroatoms. The molecule has 1 spiro atoms. The minimum atomic E-state index is -0.837. The SMILES string of the molecule is Cc1cc(-c2ccc(COc3ccc4c(c3F)[C@@]3(CC4)C[C@@H]3C(=O)O)cc2[C@@H]2CCCC2(C)C)c(Cl)cn1. The quantitative estimate of drug-likeness (QED) is 0.348. The molecule has 0 radical (unpaired) electrons. The highest BCUT2D eigenvalue weighted by molar-refractivity contribution is 6.33. The van der Waals surface area contributed by atoms with Gasteiger partial charge in [-0.15, -0.1) is 0 Å². The zero-order chi connectivity index (χ0) is 26.8. The summed E-state index contributed by atoms with van der Waals surface area (Å²) in [4.78, 5) is 16.0. The molecule has 6 rings (SSSR count). The lowest BCUT2D eigenvalue weighted by Crippen LogP contribution is -2.17. The maximum absolute atomic E-state index is 15.7. The summed E-state index contributed by atoms with van der Waals surface area (Å²) in [6, 6.07) is 12.0. The van der Waals surface area contributed by atoms with E-state index >= 15 is 4.39 Å². The van der Waals surface area contributed by atoms with Gasteiger partial charge in [-0.1, -0.05) is 56.1 Å². The third kappa shape index (κ3) is 4.10. The summed E-state index contributed by atoms with van der Waals surface area (Å²) in [5, 5.41) is 10.2. The smallest absolute Gasteiger partial charge is 0.307 e. The molecule has 2 saturated carbocycles. The van der Waals surface area contributed by atoms with E-state index in [2.05, 4.69) is 31.0 Å². The summed E-state index contributed by atoms with van der Waals surface area (Å²) < 4.78 is 21.8. The van der Waals surface area contributed by atoms with Crippen LogP contribution in [0.3, 0.4) is 0 Å². The molecule has 3 aliphatic carbocycles. The Morgan fingerprint density at radius 3 is 2.71 bits per heavy atom. The second-order valence-electron chi connectivity index (χ2n) is 12.1. The highest BCUT2D eigenvalue weighted by atomic mass is 35.5. The van der Waals surface area contributed by atoms with Crippen LogP contribution in [0.1, 0.15) is 79.8 Å². The van der Waals surface area contributed by atoms with Gasteiger partial charge in [0.25, 0.3) is 0 Å². The van der Waals surface area contributed by atoms with Gasteiger partial charge in [-0.2, -0.15) is 0 Å². The van der Waals surface area contributed by atoms with Crippen molar-refractivity contribution >= 4 is 17.6 Å². The number of carboxylic acids is 1. The zero-order valence-corrected chi connectivity index (χ0v) is 22.9. The Bertz CT molecular complexity index is 1450. The summed E-state index contributed by atoms with van der Waals surface area (Å²) >= 11 is 6.62. The van der Waals surface area contributed by atoms with Crippen LogP contribution >= 0.6 is 11.6 Å². The third-order valence-electron chi connectivity index (χ3n) is 9.33. The van der Waals surface area contributed by atoms with Crippen LogP contribution < -0.4 is 4.74 Å². The van der Waals surface area contributed by atoms with Gasteiger partial charge in [-0.3, -0.25) is 9.78 Å². The number of halogens is 2. The number of rotatable bonds is 6. The number of hydrogen-bond donors (Lipinski definition) is 1. The Hall–Kier alpha value is -2.92. The van der Waals surface area contributed by atoms with Crippen LogP contribution in [0.15, 0.2) is 42.6 Å². The van der Waals surface area contributed by atoms with Crippen LogP contribution in [0.4, 0.5) is 4.39 Å². The molecule has 1 aromatic heterocycles. The van der Waals surface area contributed by atoms with E-state index in [-0.39, 0.29) is 17.8 Å². The normalized spacial score (nSPS) is 25.0. The minimum absolute atomic E-state index is 0.161. The predicted molar refractivity (Wildman–Crippen MR) is 146 cm³/mol. The number of aryl methyl sites for hydroxylation is 2. The first-order chi connectivity index (χ1) is 18.1. The Morgan fingerprint density at radius 1 is 1.18 bits per heavy atom. The van der Waals surface area contributed by atoms with Crippen LogP contribution in [0, 0.1) is 24.1 Å². The molecule has 1 N–H and O–H groups in total. The van der Waals surface area contributed by atoms with E-state index in [1.807, 2.05) is 25.1 Å². The summed E-state index contributed by atoms with van der Waals surface area (Å²) in [6.45, 7) is 6.86. The fourth-order valence-electron chi connectivity index (χ4n) is 7.17. The minimum Gasteiger partial charge on any atom is -0.486 e. The number of hydrogen-bond acceptors (Lipinski definition) is 3. The average molecular weight is 534 g/mol. The van der Waals surface area contributed by atoms with Crippen LogP contribution in [-0.2, 0) is 23.2 Å². The fourth-order valence-corrected chi connectivity index (χ4v) is 7.37. The van der Waals surface area contributed by atoms with Crippen molar-refractivity contribution in [2.45, 2.75) is 77.2 Å². The highest BCUT2D eigenvalue weighted by Gasteiger charge is 2.63. The Morgan fingerprint density at radius 2 is 2.00 bits per heavy atom. The maximum atomic E-state index is 15.7. The number of nitrogens with zero attached hydrogens (tertiary/aromatic N) is 1. The standard InChI is InChI=1S/C32H33ClFNO3/c1-18-13-23(26(33)16-35-18)21-8-6-19(14-22(21)24-5-4-11-31(24,2)3)17-38-27-9-7-20-10-12-32(28(20)29(27)34)15-25(32)30(36)37/h6-9,13-14,16,24-25H,4-5,10-12,15,17H2,1-3H3,(H,36,37)/t24-,25+,32-/m0/s1. The topological polar surface area (TPSA) is 59.4 Å². The van der Waals surface area contributed by atoms with Crippen LogP contribution in [0.25, 0.3) is 11.1 Å². The van der Waals surface area contributed by atoms with Crippen molar-refractivity contribution in [1.82, 2.24) is 4.98 Å². The molecule has 0 aliphatic heterocycles. The van der Waals surface area contributed by atoms with E-state index in [1.54, 1.807) is 12.3 Å². The van der Waals surface area contributed by atoms with Gasteiger partial charge in [0.15, 0.2) is 11.6 Å². The molecular formula is C32H33ClFNO3. The number of benzene rings is 2. The van der Waals surface area contributed by atoms with Gasteiger partial charge in [0.1, 0.15) is 6.61 Å². The molecule has 198 valence electrons. The predicted octanol–water partition coefficient (Wildman–Crippen LogP) is 8.01. The number of carboxylic acid groups (broad SMARTS) is 1.